The minimum Gasteiger partial charge on any atom is -0.298 e. The molecule has 0 aliphatic rings. The maximum atomic E-state index is 10.1. The molecule has 1 rings (SSSR count). The Balaban J connectivity index is 0.000000810. The van der Waals surface area contributed by atoms with E-state index < -0.39 is 0 Å². The highest BCUT2D eigenvalue weighted by atomic mass is 35.5. The number of rotatable bonds is 1. The van der Waals surface area contributed by atoms with Crippen LogP contribution in [0.1, 0.15) is 15.9 Å². The van der Waals surface area contributed by atoms with Crippen LogP contribution in [0.5, 0.6) is 0 Å². The van der Waals surface area contributed by atoms with Gasteiger partial charge >= 0.3 is 0 Å². The van der Waals surface area contributed by atoms with Crippen LogP contribution in [-0.4, -0.2) is 6.29 Å². The van der Waals surface area contributed by atoms with Crippen LogP contribution in [0.4, 0.5) is 0 Å². The van der Waals surface area contributed by atoms with Gasteiger partial charge in [0.15, 0.2) is 0 Å². The quantitative estimate of drug-likeness (QED) is 0.570. The van der Waals surface area contributed by atoms with E-state index in [1.165, 1.54) is 5.56 Å². The minimum absolute atomic E-state index is 0. The number of carbonyl (C=O) groups excluding carboxylic acids is 1. The summed E-state index contributed by atoms with van der Waals surface area (Å²) in [6, 6.07) is 7.46. The third-order valence-electron chi connectivity index (χ3n) is 1.21. The van der Waals surface area contributed by atoms with Crippen molar-refractivity contribution in [3.8, 4) is 0 Å². The van der Waals surface area contributed by atoms with Gasteiger partial charge in [-0.1, -0.05) is 29.8 Å². The van der Waals surface area contributed by atoms with Crippen molar-refractivity contribution in [1.82, 2.24) is 0 Å². The molecule has 0 bridgehead atoms. The normalized spacial score (nSPS) is 8.10. The van der Waals surface area contributed by atoms with E-state index in [0.717, 1.165) is 11.8 Å². The van der Waals surface area contributed by atoms with Gasteiger partial charge in [0.25, 0.3) is 0 Å². The van der Waals surface area contributed by atoms with Gasteiger partial charge in [0.05, 0.1) is 0 Å². The van der Waals surface area contributed by atoms with E-state index >= 15 is 0 Å². The molecule has 0 atom stereocenters. The van der Waals surface area contributed by atoms with Crippen molar-refractivity contribution in [3.63, 3.8) is 0 Å². The molecular formula is C8H9ClO. The largest absolute Gasteiger partial charge is 0.298 e. The lowest BCUT2D eigenvalue weighted by Gasteiger charge is -1.89. The van der Waals surface area contributed by atoms with E-state index in [1.807, 2.05) is 31.2 Å². The Morgan fingerprint density at radius 3 is 2.10 bits per heavy atom. The van der Waals surface area contributed by atoms with Gasteiger partial charge in [-0.3, -0.25) is 4.79 Å². The Hall–Kier alpha value is -0.820. The van der Waals surface area contributed by atoms with Gasteiger partial charge in [-0.2, -0.15) is 0 Å². The maximum Gasteiger partial charge on any atom is 0.150 e. The van der Waals surface area contributed by atoms with E-state index in [4.69, 9.17) is 0 Å². The first kappa shape index (κ1) is 9.18. The van der Waals surface area contributed by atoms with E-state index in [1.54, 1.807) is 0 Å². The predicted molar refractivity (Wildman–Crippen MR) is 43.8 cm³/mol. The third-order valence-corrected chi connectivity index (χ3v) is 1.21. The molecule has 0 unspecified atom stereocenters. The Bertz CT molecular complexity index is 203. The van der Waals surface area contributed by atoms with Crippen LogP contribution < -0.4 is 0 Å². The fraction of sp³-hybridized carbons (Fsp3) is 0.125. The van der Waals surface area contributed by atoms with Crippen LogP contribution in [0.15, 0.2) is 24.3 Å². The molecule has 0 aliphatic carbocycles. The monoisotopic (exact) mass is 156 g/mol. The van der Waals surface area contributed by atoms with Crippen molar-refractivity contribution in [3.05, 3.63) is 35.4 Å². The highest BCUT2D eigenvalue weighted by Gasteiger charge is 1.85. The summed E-state index contributed by atoms with van der Waals surface area (Å²) in [5.74, 6) is 0. The van der Waals surface area contributed by atoms with Gasteiger partial charge in [0, 0.05) is 5.56 Å². The van der Waals surface area contributed by atoms with Gasteiger partial charge in [0.1, 0.15) is 6.29 Å². The molecular weight excluding hydrogens is 148 g/mol. The average molecular weight is 157 g/mol. The van der Waals surface area contributed by atoms with Gasteiger partial charge in [-0.05, 0) is 6.92 Å². The van der Waals surface area contributed by atoms with Crippen LogP contribution in [0.2, 0.25) is 0 Å². The van der Waals surface area contributed by atoms with Gasteiger partial charge in [-0.25, -0.2) is 0 Å². The summed E-state index contributed by atoms with van der Waals surface area (Å²) in [7, 11) is 0. The Labute approximate surface area is 66.5 Å². The molecule has 1 nitrogen and oxygen atoms in total. The number of aryl methyl sites for hydroxylation is 1. The predicted octanol–water partition coefficient (Wildman–Crippen LogP) is 2.23. The second kappa shape index (κ2) is 4.07. The van der Waals surface area contributed by atoms with Crippen LogP contribution in [0, 0.1) is 6.92 Å². The number of aldehydes is 1. The molecule has 0 amide bonds. The highest BCUT2D eigenvalue weighted by Crippen LogP contribution is 1.98. The molecule has 0 fully saturated rings. The molecule has 2 heteroatoms. The van der Waals surface area contributed by atoms with Crippen LogP contribution in [0.3, 0.4) is 0 Å². The molecule has 0 heterocycles. The molecule has 0 N–H and O–H groups in total. The summed E-state index contributed by atoms with van der Waals surface area (Å²) in [5, 5.41) is 0. The lowest BCUT2D eigenvalue weighted by molar-refractivity contribution is 0.112. The van der Waals surface area contributed by atoms with E-state index in [-0.39, 0.29) is 12.4 Å². The highest BCUT2D eigenvalue weighted by molar-refractivity contribution is 5.85. The second-order valence-corrected chi connectivity index (χ2v) is 2.03. The molecule has 1 aromatic carbocycles. The summed E-state index contributed by atoms with van der Waals surface area (Å²) in [6.07, 6.45) is 0.847. The number of hydrogen-bond donors (Lipinski definition) is 0. The van der Waals surface area contributed by atoms with E-state index in [0.29, 0.717) is 0 Å². The average Bonchev–Trinajstić information content (AvgIpc) is 1.90. The number of halogens is 1. The van der Waals surface area contributed by atoms with Crippen molar-refractivity contribution in [2.75, 3.05) is 0 Å². The topological polar surface area (TPSA) is 17.1 Å². The zero-order valence-corrected chi connectivity index (χ0v) is 6.52. The molecule has 0 saturated heterocycles. The van der Waals surface area contributed by atoms with Gasteiger partial charge < -0.3 is 0 Å². The smallest absolute Gasteiger partial charge is 0.150 e. The van der Waals surface area contributed by atoms with Crippen LogP contribution >= 0.6 is 12.4 Å². The van der Waals surface area contributed by atoms with Gasteiger partial charge in [0.2, 0.25) is 0 Å². The van der Waals surface area contributed by atoms with Crippen molar-refractivity contribution < 1.29 is 4.79 Å². The summed E-state index contributed by atoms with van der Waals surface area (Å²) >= 11 is 0. The molecule has 0 aromatic heterocycles. The molecule has 0 radical (unpaired) electrons. The number of hydrogen-bond acceptors (Lipinski definition) is 1. The summed E-state index contributed by atoms with van der Waals surface area (Å²) in [5.41, 5.74) is 1.92. The first-order valence-electron chi connectivity index (χ1n) is 2.85. The standard InChI is InChI=1S/C8H8O.ClH/c1-7-2-4-8(6-9)5-3-7;/h2-6H,1H3;1H. The molecule has 0 aliphatic heterocycles. The molecule has 54 valence electrons. The zero-order chi connectivity index (χ0) is 6.69. The minimum atomic E-state index is 0. The van der Waals surface area contributed by atoms with Gasteiger partial charge in [-0.15, -0.1) is 12.4 Å². The SMILES string of the molecule is Cc1ccc(C=O)cc1.Cl. The molecule has 1 aromatic rings. The summed E-state index contributed by atoms with van der Waals surface area (Å²) in [4.78, 5) is 10.1. The first-order valence-corrected chi connectivity index (χ1v) is 2.85. The summed E-state index contributed by atoms with van der Waals surface area (Å²) in [6.45, 7) is 1.99. The summed E-state index contributed by atoms with van der Waals surface area (Å²) < 4.78 is 0. The fourth-order valence-corrected chi connectivity index (χ4v) is 0.645. The first-order chi connectivity index (χ1) is 4.33. The number of carbonyl (C=O) groups is 1. The third kappa shape index (κ3) is 2.19. The van der Waals surface area contributed by atoms with E-state index in [9.17, 15) is 4.79 Å². The van der Waals surface area contributed by atoms with Crippen molar-refractivity contribution in [2.45, 2.75) is 6.92 Å². The zero-order valence-electron chi connectivity index (χ0n) is 5.70. The van der Waals surface area contributed by atoms with Crippen LogP contribution in [0.25, 0.3) is 0 Å². The molecule has 0 saturated carbocycles. The Morgan fingerprint density at radius 2 is 1.70 bits per heavy atom. The van der Waals surface area contributed by atoms with E-state index in [2.05, 4.69) is 0 Å². The van der Waals surface area contributed by atoms with Crippen molar-refractivity contribution in [2.24, 2.45) is 0 Å². The lowest BCUT2D eigenvalue weighted by Crippen LogP contribution is -1.77. The number of benzene rings is 1. The molecule has 0 spiro atoms. The Kier molecular flexibility index (Phi) is 3.74. The lowest BCUT2D eigenvalue weighted by atomic mass is 10.2. The Morgan fingerprint density at radius 1 is 1.20 bits per heavy atom. The van der Waals surface area contributed by atoms with Crippen molar-refractivity contribution in [1.29, 1.82) is 0 Å². The fourth-order valence-electron chi connectivity index (χ4n) is 0.645. The second-order valence-electron chi connectivity index (χ2n) is 2.03. The molecule has 10 heavy (non-hydrogen) atoms. The maximum absolute atomic E-state index is 10.1. The van der Waals surface area contributed by atoms with Crippen molar-refractivity contribution >= 4 is 18.7 Å². The van der Waals surface area contributed by atoms with Crippen LogP contribution in [-0.2, 0) is 0 Å².